The molecule has 0 amide bonds. The molecule has 2 aromatic rings. The molecule has 0 saturated heterocycles. The van der Waals surface area contributed by atoms with Gasteiger partial charge in [0.15, 0.2) is 0 Å². The van der Waals surface area contributed by atoms with Crippen molar-refractivity contribution in [3.05, 3.63) is 28.0 Å². The van der Waals surface area contributed by atoms with Gasteiger partial charge in [0.05, 0.1) is 17.7 Å². The SMILES string of the molecule is Cc1ncsc1CNc1cc(N)nc(C(C)(C)C)n1. The first-order valence-electron chi connectivity index (χ1n) is 6.14. The number of nitrogens with zero attached hydrogens (tertiary/aromatic N) is 3. The van der Waals surface area contributed by atoms with Crippen LogP contribution in [0.4, 0.5) is 11.6 Å². The predicted octanol–water partition coefficient (Wildman–Crippen LogP) is 2.73. The highest BCUT2D eigenvalue weighted by Crippen LogP contribution is 2.22. The first-order chi connectivity index (χ1) is 8.86. The maximum absolute atomic E-state index is 5.83. The van der Waals surface area contributed by atoms with Crippen molar-refractivity contribution >= 4 is 23.0 Å². The van der Waals surface area contributed by atoms with Crippen molar-refractivity contribution in [1.29, 1.82) is 0 Å². The summed E-state index contributed by atoms with van der Waals surface area (Å²) in [6.07, 6.45) is 0. The Morgan fingerprint density at radius 1 is 1.32 bits per heavy atom. The number of anilines is 2. The summed E-state index contributed by atoms with van der Waals surface area (Å²) in [5.41, 5.74) is 8.62. The van der Waals surface area contributed by atoms with Crippen molar-refractivity contribution < 1.29 is 0 Å². The van der Waals surface area contributed by atoms with Crippen LogP contribution in [0.2, 0.25) is 0 Å². The lowest BCUT2D eigenvalue weighted by molar-refractivity contribution is 0.547. The summed E-state index contributed by atoms with van der Waals surface area (Å²) in [6.45, 7) is 8.91. The zero-order chi connectivity index (χ0) is 14.0. The largest absolute Gasteiger partial charge is 0.384 e. The molecular formula is C13H19N5S. The molecule has 0 spiro atoms. The van der Waals surface area contributed by atoms with E-state index in [4.69, 9.17) is 5.73 Å². The molecule has 0 aromatic carbocycles. The summed E-state index contributed by atoms with van der Waals surface area (Å²) in [5, 5.41) is 3.28. The highest BCUT2D eigenvalue weighted by Gasteiger charge is 2.18. The van der Waals surface area contributed by atoms with Gasteiger partial charge in [0.2, 0.25) is 0 Å². The van der Waals surface area contributed by atoms with Crippen LogP contribution in [0.3, 0.4) is 0 Å². The number of aryl methyl sites for hydroxylation is 1. The Balaban J connectivity index is 2.17. The molecule has 0 fully saturated rings. The van der Waals surface area contributed by atoms with Gasteiger partial charge in [-0.2, -0.15) is 0 Å². The number of hydrogen-bond acceptors (Lipinski definition) is 6. The number of hydrogen-bond donors (Lipinski definition) is 2. The number of nitrogen functional groups attached to an aromatic ring is 1. The zero-order valence-electron chi connectivity index (χ0n) is 11.7. The first-order valence-corrected chi connectivity index (χ1v) is 7.02. The smallest absolute Gasteiger partial charge is 0.138 e. The van der Waals surface area contributed by atoms with Gasteiger partial charge in [0, 0.05) is 16.4 Å². The fourth-order valence-corrected chi connectivity index (χ4v) is 2.28. The van der Waals surface area contributed by atoms with Crippen LogP contribution >= 0.6 is 11.3 Å². The van der Waals surface area contributed by atoms with Crippen molar-refractivity contribution in [3.8, 4) is 0 Å². The lowest BCUT2D eigenvalue weighted by Gasteiger charge is -2.18. The molecule has 0 unspecified atom stereocenters. The first kappa shape index (κ1) is 13.7. The molecule has 6 heteroatoms. The molecule has 0 radical (unpaired) electrons. The number of thiazole rings is 1. The van der Waals surface area contributed by atoms with Gasteiger partial charge in [-0.3, -0.25) is 0 Å². The topological polar surface area (TPSA) is 76.7 Å². The van der Waals surface area contributed by atoms with E-state index in [1.807, 2.05) is 12.4 Å². The van der Waals surface area contributed by atoms with Crippen molar-refractivity contribution in [2.45, 2.75) is 39.7 Å². The Labute approximate surface area is 117 Å². The fraction of sp³-hybridized carbons (Fsp3) is 0.462. The third-order valence-corrected chi connectivity index (χ3v) is 3.63. The summed E-state index contributed by atoms with van der Waals surface area (Å²) in [5.74, 6) is 1.99. The average molecular weight is 277 g/mol. The molecule has 5 nitrogen and oxygen atoms in total. The minimum atomic E-state index is -0.119. The third-order valence-electron chi connectivity index (χ3n) is 2.69. The maximum Gasteiger partial charge on any atom is 0.138 e. The monoisotopic (exact) mass is 277 g/mol. The second kappa shape index (κ2) is 5.13. The molecule has 0 saturated carbocycles. The second-order valence-corrected chi connectivity index (χ2v) is 6.41. The van der Waals surface area contributed by atoms with Gasteiger partial charge >= 0.3 is 0 Å². The highest BCUT2D eigenvalue weighted by molar-refractivity contribution is 7.09. The van der Waals surface area contributed by atoms with Gasteiger partial charge in [-0.1, -0.05) is 20.8 Å². The molecule has 0 aliphatic rings. The standard InChI is InChI=1S/C13H19N5S/c1-8-9(19-7-16-8)6-15-11-5-10(14)17-12(18-11)13(2,3)4/h5,7H,6H2,1-4H3,(H3,14,15,17,18). The van der Waals surface area contributed by atoms with Crippen LogP contribution in [-0.2, 0) is 12.0 Å². The van der Waals surface area contributed by atoms with E-state index in [0.717, 1.165) is 17.3 Å². The maximum atomic E-state index is 5.83. The predicted molar refractivity (Wildman–Crippen MR) is 79.3 cm³/mol. The summed E-state index contributed by atoms with van der Waals surface area (Å²) < 4.78 is 0. The Morgan fingerprint density at radius 2 is 2.05 bits per heavy atom. The van der Waals surface area contributed by atoms with Gasteiger partial charge in [0.1, 0.15) is 17.5 Å². The molecule has 19 heavy (non-hydrogen) atoms. The van der Waals surface area contributed by atoms with Crippen LogP contribution in [0, 0.1) is 6.92 Å². The Morgan fingerprint density at radius 3 is 2.63 bits per heavy atom. The van der Waals surface area contributed by atoms with E-state index in [1.165, 1.54) is 4.88 Å². The molecule has 0 atom stereocenters. The van der Waals surface area contributed by atoms with E-state index < -0.39 is 0 Å². The molecule has 0 bridgehead atoms. The average Bonchev–Trinajstić information content (AvgIpc) is 2.70. The molecule has 2 rings (SSSR count). The summed E-state index contributed by atoms with van der Waals surface area (Å²) in [6, 6.07) is 1.76. The minimum absolute atomic E-state index is 0.119. The number of nitrogens with one attached hydrogen (secondary N) is 1. The van der Waals surface area contributed by atoms with Crippen LogP contribution in [0.15, 0.2) is 11.6 Å². The fourth-order valence-electron chi connectivity index (χ4n) is 1.56. The van der Waals surface area contributed by atoms with Crippen LogP contribution in [-0.4, -0.2) is 15.0 Å². The zero-order valence-corrected chi connectivity index (χ0v) is 12.5. The van der Waals surface area contributed by atoms with Gasteiger partial charge in [-0.25, -0.2) is 15.0 Å². The van der Waals surface area contributed by atoms with Crippen LogP contribution < -0.4 is 11.1 Å². The molecule has 3 N–H and O–H groups in total. The molecular weight excluding hydrogens is 258 g/mol. The van der Waals surface area contributed by atoms with Crippen LogP contribution in [0.5, 0.6) is 0 Å². The van der Waals surface area contributed by atoms with Crippen LogP contribution in [0.25, 0.3) is 0 Å². The van der Waals surface area contributed by atoms with Gasteiger partial charge in [0.25, 0.3) is 0 Å². The highest BCUT2D eigenvalue weighted by atomic mass is 32.1. The molecule has 0 aliphatic carbocycles. The van der Waals surface area contributed by atoms with E-state index in [1.54, 1.807) is 17.4 Å². The van der Waals surface area contributed by atoms with Crippen LogP contribution in [0.1, 0.15) is 37.2 Å². The van der Waals surface area contributed by atoms with E-state index in [2.05, 4.69) is 41.0 Å². The Hall–Kier alpha value is -1.69. The van der Waals surface area contributed by atoms with Gasteiger partial charge in [-0.05, 0) is 6.92 Å². The number of nitrogens with two attached hydrogens (primary N) is 1. The lowest BCUT2D eigenvalue weighted by atomic mass is 9.96. The van der Waals surface area contributed by atoms with Crippen molar-refractivity contribution in [2.75, 3.05) is 11.1 Å². The van der Waals surface area contributed by atoms with E-state index in [0.29, 0.717) is 12.4 Å². The Kier molecular flexibility index (Phi) is 3.71. The second-order valence-electron chi connectivity index (χ2n) is 5.47. The van der Waals surface area contributed by atoms with E-state index >= 15 is 0 Å². The van der Waals surface area contributed by atoms with Crippen molar-refractivity contribution in [3.63, 3.8) is 0 Å². The minimum Gasteiger partial charge on any atom is -0.384 e. The summed E-state index contributed by atoms with van der Waals surface area (Å²) in [7, 11) is 0. The molecule has 2 heterocycles. The number of aromatic nitrogens is 3. The molecule has 102 valence electrons. The Bertz CT molecular complexity index is 571. The van der Waals surface area contributed by atoms with E-state index in [-0.39, 0.29) is 5.41 Å². The quantitative estimate of drug-likeness (QED) is 0.902. The van der Waals surface area contributed by atoms with E-state index in [9.17, 15) is 0 Å². The summed E-state index contributed by atoms with van der Waals surface area (Å²) in [4.78, 5) is 14.2. The van der Waals surface area contributed by atoms with Gasteiger partial charge < -0.3 is 11.1 Å². The lowest BCUT2D eigenvalue weighted by Crippen LogP contribution is -2.18. The van der Waals surface area contributed by atoms with Crippen molar-refractivity contribution in [1.82, 2.24) is 15.0 Å². The van der Waals surface area contributed by atoms with Crippen molar-refractivity contribution in [2.24, 2.45) is 0 Å². The third kappa shape index (κ3) is 3.41. The number of rotatable bonds is 3. The summed E-state index contributed by atoms with van der Waals surface area (Å²) >= 11 is 1.63. The molecule has 0 aliphatic heterocycles. The molecule has 2 aromatic heterocycles. The van der Waals surface area contributed by atoms with Gasteiger partial charge in [-0.15, -0.1) is 11.3 Å². The normalized spacial score (nSPS) is 11.6.